The summed E-state index contributed by atoms with van der Waals surface area (Å²) in [5, 5.41) is 11.9. The van der Waals surface area contributed by atoms with Gasteiger partial charge in [0.25, 0.3) is 5.91 Å². The summed E-state index contributed by atoms with van der Waals surface area (Å²) in [6.45, 7) is 0. The van der Waals surface area contributed by atoms with E-state index in [2.05, 4.69) is 15.5 Å². The van der Waals surface area contributed by atoms with Gasteiger partial charge in [0.1, 0.15) is 11.8 Å². The van der Waals surface area contributed by atoms with Gasteiger partial charge >= 0.3 is 0 Å². The molecule has 7 heteroatoms. The van der Waals surface area contributed by atoms with Crippen LogP contribution in [0.25, 0.3) is 11.5 Å². The zero-order chi connectivity index (χ0) is 20.9. The van der Waals surface area contributed by atoms with Crippen molar-refractivity contribution in [3.63, 3.8) is 0 Å². The highest BCUT2D eigenvalue weighted by Gasteiger charge is 2.24. The zero-order valence-electron chi connectivity index (χ0n) is 16.1. The first-order valence-electron chi connectivity index (χ1n) is 9.23. The third kappa shape index (κ3) is 4.34. The lowest BCUT2D eigenvalue weighted by Gasteiger charge is -2.16. The number of methoxy groups -OCH3 is 1. The summed E-state index contributed by atoms with van der Waals surface area (Å²) in [5.74, 6) is 1.04. The molecule has 0 bridgehead atoms. The van der Waals surface area contributed by atoms with Crippen molar-refractivity contribution in [2.45, 2.75) is 6.04 Å². The van der Waals surface area contributed by atoms with Gasteiger partial charge < -0.3 is 14.5 Å². The van der Waals surface area contributed by atoms with Gasteiger partial charge in [-0.2, -0.15) is 0 Å². The Morgan fingerprint density at radius 1 is 0.967 bits per heavy atom. The van der Waals surface area contributed by atoms with Crippen LogP contribution in [0.1, 0.15) is 27.9 Å². The zero-order valence-corrected chi connectivity index (χ0v) is 16.8. The van der Waals surface area contributed by atoms with Gasteiger partial charge in [-0.15, -0.1) is 10.2 Å². The normalized spacial score (nSPS) is 11.7. The number of rotatable bonds is 6. The molecule has 1 heterocycles. The maximum atomic E-state index is 12.9. The molecular weight excluding hydrogens is 402 g/mol. The maximum absolute atomic E-state index is 12.9. The molecule has 1 aromatic heterocycles. The molecule has 1 atom stereocenters. The van der Waals surface area contributed by atoms with E-state index in [1.54, 1.807) is 55.6 Å². The van der Waals surface area contributed by atoms with Crippen molar-refractivity contribution in [3.05, 3.63) is 101 Å². The molecule has 150 valence electrons. The van der Waals surface area contributed by atoms with Crippen LogP contribution in [0.2, 0.25) is 5.02 Å². The van der Waals surface area contributed by atoms with Gasteiger partial charge in [0.15, 0.2) is 0 Å². The monoisotopic (exact) mass is 419 g/mol. The van der Waals surface area contributed by atoms with Gasteiger partial charge in [0.05, 0.1) is 7.11 Å². The highest BCUT2D eigenvalue weighted by molar-refractivity contribution is 6.30. The van der Waals surface area contributed by atoms with E-state index in [-0.39, 0.29) is 11.8 Å². The van der Waals surface area contributed by atoms with Crippen LogP contribution in [0.15, 0.2) is 83.3 Å². The lowest BCUT2D eigenvalue weighted by molar-refractivity contribution is 0.0938. The van der Waals surface area contributed by atoms with Crippen LogP contribution in [0.4, 0.5) is 0 Å². The number of aromatic nitrogens is 2. The van der Waals surface area contributed by atoms with Crippen molar-refractivity contribution in [2.75, 3.05) is 7.11 Å². The van der Waals surface area contributed by atoms with E-state index in [0.717, 1.165) is 11.1 Å². The second-order valence-electron chi connectivity index (χ2n) is 6.50. The van der Waals surface area contributed by atoms with Crippen LogP contribution in [-0.2, 0) is 0 Å². The first-order chi connectivity index (χ1) is 14.6. The Balaban J connectivity index is 1.63. The molecule has 0 fully saturated rings. The SMILES string of the molecule is COc1ccc(C(=O)NC(c2ccccc2)c2nnc(-c3ccc(Cl)cc3)o2)cc1. The summed E-state index contributed by atoms with van der Waals surface area (Å²) in [6, 6.07) is 22.8. The molecule has 4 aromatic rings. The van der Waals surface area contributed by atoms with E-state index in [0.29, 0.717) is 22.2 Å². The van der Waals surface area contributed by atoms with Crippen molar-refractivity contribution < 1.29 is 13.9 Å². The Morgan fingerprint density at radius 3 is 2.33 bits per heavy atom. The Morgan fingerprint density at radius 2 is 1.67 bits per heavy atom. The number of ether oxygens (including phenoxy) is 1. The average molecular weight is 420 g/mol. The lowest BCUT2D eigenvalue weighted by atomic mass is 10.1. The van der Waals surface area contributed by atoms with Gasteiger partial charge in [-0.1, -0.05) is 41.9 Å². The fraction of sp³-hybridized carbons (Fsp3) is 0.0870. The fourth-order valence-corrected chi connectivity index (χ4v) is 3.08. The average Bonchev–Trinajstić information content (AvgIpc) is 3.28. The highest BCUT2D eigenvalue weighted by Crippen LogP contribution is 2.26. The van der Waals surface area contributed by atoms with Crippen molar-refractivity contribution in [1.29, 1.82) is 0 Å². The summed E-state index contributed by atoms with van der Waals surface area (Å²) >= 11 is 5.95. The van der Waals surface area contributed by atoms with Crippen molar-refractivity contribution in [3.8, 4) is 17.2 Å². The van der Waals surface area contributed by atoms with E-state index >= 15 is 0 Å². The van der Waals surface area contributed by atoms with E-state index in [1.807, 2.05) is 30.3 Å². The first kappa shape index (κ1) is 19.7. The molecule has 0 saturated carbocycles. The fourth-order valence-electron chi connectivity index (χ4n) is 2.95. The molecule has 0 spiro atoms. The molecule has 6 nitrogen and oxygen atoms in total. The molecule has 0 aliphatic heterocycles. The summed E-state index contributed by atoms with van der Waals surface area (Å²) in [4.78, 5) is 12.9. The number of benzene rings is 3. The number of amides is 1. The third-order valence-electron chi connectivity index (χ3n) is 4.54. The minimum absolute atomic E-state index is 0.266. The molecule has 0 aliphatic rings. The molecule has 1 N–H and O–H groups in total. The van der Waals surface area contributed by atoms with Gasteiger partial charge in [0.2, 0.25) is 11.8 Å². The molecule has 30 heavy (non-hydrogen) atoms. The number of hydrogen-bond acceptors (Lipinski definition) is 5. The van der Waals surface area contributed by atoms with E-state index in [9.17, 15) is 4.79 Å². The van der Waals surface area contributed by atoms with Crippen LogP contribution >= 0.6 is 11.6 Å². The highest BCUT2D eigenvalue weighted by atomic mass is 35.5. The molecule has 0 saturated heterocycles. The standard InChI is InChI=1S/C23H18ClN3O3/c1-29-19-13-9-16(10-14-19)21(28)25-20(15-5-3-2-4-6-15)23-27-26-22(30-23)17-7-11-18(24)12-8-17/h2-14,20H,1H3,(H,25,28). The van der Waals surface area contributed by atoms with Crippen LogP contribution in [-0.4, -0.2) is 23.2 Å². The Kier molecular flexibility index (Phi) is 5.77. The van der Waals surface area contributed by atoms with Crippen LogP contribution in [0, 0.1) is 0 Å². The molecule has 0 aliphatic carbocycles. The molecule has 1 amide bonds. The number of hydrogen-bond donors (Lipinski definition) is 1. The number of nitrogens with one attached hydrogen (secondary N) is 1. The predicted octanol–water partition coefficient (Wildman–Crippen LogP) is 4.92. The van der Waals surface area contributed by atoms with E-state index < -0.39 is 6.04 Å². The van der Waals surface area contributed by atoms with Crippen molar-refractivity contribution in [1.82, 2.24) is 15.5 Å². The smallest absolute Gasteiger partial charge is 0.252 e. The largest absolute Gasteiger partial charge is 0.497 e. The minimum atomic E-state index is -0.602. The lowest BCUT2D eigenvalue weighted by Crippen LogP contribution is -2.29. The Labute approximate surface area is 178 Å². The van der Waals surface area contributed by atoms with Gasteiger partial charge in [0, 0.05) is 16.1 Å². The number of halogens is 1. The first-order valence-corrected chi connectivity index (χ1v) is 9.61. The summed E-state index contributed by atoms with van der Waals surface area (Å²) in [7, 11) is 1.58. The van der Waals surface area contributed by atoms with Crippen molar-refractivity contribution in [2.24, 2.45) is 0 Å². The van der Waals surface area contributed by atoms with E-state index in [1.165, 1.54) is 0 Å². The second-order valence-corrected chi connectivity index (χ2v) is 6.93. The van der Waals surface area contributed by atoms with Crippen molar-refractivity contribution >= 4 is 17.5 Å². The minimum Gasteiger partial charge on any atom is -0.497 e. The molecular formula is C23H18ClN3O3. The molecule has 1 unspecified atom stereocenters. The van der Waals surface area contributed by atoms with E-state index in [4.69, 9.17) is 20.8 Å². The Hall–Kier alpha value is -3.64. The third-order valence-corrected chi connectivity index (χ3v) is 4.79. The topological polar surface area (TPSA) is 77.2 Å². The Bertz CT molecular complexity index is 1130. The predicted molar refractivity (Wildman–Crippen MR) is 113 cm³/mol. The maximum Gasteiger partial charge on any atom is 0.252 e. The van der Waals surface area contributed by atoms with Gasteiger partial charge in [-0.25, -0.2) is 0 Å². The summed E-state index contributed by atoms with van der Waals surface area (Å²) < 4.78 is 11.0. The number of carbonyl (C=O) groups is 1. The second kappa shape index (κ2) is 8.80. The summed E-state index contributed by atoms with van der Waals surface area (Å²) in [5.41, 5.74) is 2.06. The number of nitrogens with zero attached hydrogens (tertiary/aromatic N) is 2. The quantitative estimate of drug-likeness (QED) is 0.480. The van der Waals surface area contributed by atoms with Crippen LogP contribution in [0.3, 0.4) is 0 Å². The summed E-state index contributed by atoms with van der Waals surface area (Å²) in [6.07, 6.45) is 0. The molecule has 3 aromatic carbocycles. The molecule has 4 rings (SSSR count). The number of carbonyl (C=O) groups excluding carboxylic acids is 1. The van der Waals surface area contributed by atoms with Crippen LogP contribution in [0.5, 0.6) is 5.75 Å². The molecule has 0 radical (unpaired) electrons. The van der Waals surface area contributed by atoms with Gasteiger partial charge in [-0.3, -0.25) is 4.79 Å². The van der Waals surface area contributed by atoms with Crippen LogP contribution < -0.4 is 10.1 Å². The van der Waals surface area contributed by atoms with Gasteiger partial charge in [-0.05, 0) is 54.1 Å².